The summed E-state index contributed by atoms with van der Waals surface area (Å²) in [5, 5.41) is 1.24. The number of fused-ring (bicyclic) bond motifs is 1. The highest BCUT2D eigenvalue weighted by atomic mass is 35.5. The number of benzene rings is 3. The Balaban J connectivity index is 1.50. The Labute approximate surface area is 197 Å². The molecule has 0 saturated carbocycles. The van der Waals surface area contributed by atoms with E-state index in [0.29, 0.717) is 21.3 Å². The molecule has 0 bridgehead atoms. The zero-order valence-corrected chi connectivity index (χ0v) is 18.5. The van der Waals surface area contributed by atoms with Crippen LogP contribution < -0.4 is 4.90 Å². The minimum absolute atomic E-state index is 0.0312. The highest BCUT2D eigenvalue weighted by Gasteiger charge is 2.37. The van der Waals surface area contributed by atoms with Crippen molar-refractivity contribution in [2.75, 3.05) is 4.90 Å². The first-order valence-corrected chi connectivity index (χ1v) is 10.4. The van der Waals surface area contributed by atoms with Crippen LogP contribution in [0.25, 0.3) is 0 Å². The number of esters is 1. The third-order valence-corrected chi connectivity index (χ3v) is 5.97. The number of ether oxygens (including phenoxy) is 1. The summed E-state index contributed by atoms with van der Waals surface area (Å²) in [6, 6.07) is 13.5. The summed E-state index contributed by atoms with van der Waals surface area (Å²) in [6.45, 7) is -0.0312. The molecule has 0 fully saturated rings. The Morgan fingerprint density at radius 2 is 1.35 bits per heavy atom. The van der Waals surface area contributed by atoms with E-state index >= 15 is 0 Å². The van der Waals surface area contributed by atoms with Gasteiger partial charge in [-0.3, -0.25) is 9.59 Å². The van der Waals surface area contributed by atoms with Gasteiger partial charge in [0.25, 0.3) is 11.8 Å². The Hall–Kier alpha value is -2.57. The van der Waals surface area contributed by atoms with Gasteiger partial charge >= 0.3 is 5.97 Å². The fourth-order valence-corrected chi connectivity index (χ4v) is 3.87. The van der Waals surface area contributed by atoms with Gasteiger partial charge in [0.1, 0.15) is 6.61 Å². The number of carbonyl (C=O) groups excluding carboxylic acids is 3. The van der Waals surface area contributed by atoms with Gasteiger partial charge in [-0.25, -0.2) is 9.69 Å². The van der Waals surface area contributed by atoms with Gasteiger partial charge in [0, 0.05) is 15.6 Å². The monoisotopic (exact) mass is 493 g/mol. The van der Waals surface area contributed by atoms with Gasteiger partial charge in [-0.1, -0.05) is 52.5 Å². The molecule has 0 aromatic heterocycles. The van der Waals surface area contributed by atoms with Crippen molar-refractivity contribution in [2.45, 2.75) is 6.61 Å². The normalized spacial score (nSPS) is 12.8. The van der Waals surface area contributed by atoms with Crippen molar-refractivity contribution < 1.29 is 19.1 Å². The Morgan fingerprint density at radius 1 is 0.774 bits per heavy atom. The predicted molar refractivity (Wildman–Crippen MR) is 120 cm³/mol. The summed E-state index contributed by atoms with van der Waals surface area (Å²) in [6.07, 6.45) is 0. The van der Waals surface area contributed by atoms with Gasteiger partial charge in [0.15, 0.2) is 0 Å². The lowest BCUT2D eigenvalue weighted by Crippen LogP contribution is -2.29. The highest BCUT2D eigenvalue weighted by molar-refractivity contribution is 6.44. The van der Waals surface area contributed by atoms with Gasteiger partial charge in [-0.2, -0.15) is 0 Å². The SMILES string of the molecule is O=C(OCc1ccc(Cl)cc1Cl)c1ccc(N2C(=O)c3cc(Cl)c(Cl)cc3C2=O)cc1. The van der Waals surface area contributed by atoms with E-state index in [-0.39, 0.29) is 33.3 Å². The molecule has 5 nitrogen and oxygen atoms in total. The third kappa shape index (κ3) is 4.14. The van der Waals surface area contributed by atoms with Crippen LogP contribution in [0.1, 0.15) is 36.6 Å². The first kappa shape index (κ1) is 21.7. The van der Waals surface area contributed by atoms with Crippen LogP contribution in [0.5, 0.6) is 0 Å². The van der Waals surface area contributed by atoms with E-state index in [1.54, 1.807) is 18.2 Å². The minimum Gasteiger partial charge on any atom is -0.457 e. The number of hydrogen-bond donors (Lipinski definition) is 0. The summed E-state index contributed by atoms with van der Waals surface area (Å²) >= 11 is 23.9. The van der Waals surface area contributed by atoms with E-state index in [9.17, 15) is 14.4 Å². The van der Waals surface area contributed by atoms with E-state index in [1.807, 2.05) is 0 Å². The minimum atomic E-state index is -0.585. The van der Waals surface area contributed by atoms with E-state index in [2.05, 4.69) is 0 Å². The molecule has 1 aliphatic heterocycles. The average molecular weight is 495 g/mol. The van der Waals surface area contributed by atoms with E-state index < -0.39 is 17.8 Å². The highest BCUT2D eigenvalue weighted by Crippen LogP contribution is 2.34. The first-order valence-electron chi connectivity index (χ1n) is 8.85. The smallest absolute Gasteiger partial charge is 0.338 e. The summed E-state index contributed by atoms with van der Waals surface area (Å²) in [5.74, 6) is -1.63. The maximum absolute atomic E-state index is 12.7. The van der Waals surface area contributed by atoms with Gasteiger partial charge in [0.2, 0.25) is 0 Å². The number of imide groups is 1. The van der Waals surface area contributed by atoms with Crippen LogP contribution in [0.4, 0.5) is 5.69 Å². The van der Waals surface area contributed by atoms with Gasteiger partial charge in [-0.05, 0) is 48.5 Å². The Morgan fingerprint density at radius 3 is 1.90 bits per heavy atom. The van der Waals surface area contributed by atoms with E-state index in [0.717, 1.165) is 4.90 Å². The molecule has 0 saturated heterocycles. The molecule has 1 heterocycles. The summed E-state index contributed by atoms with van der Waals surface area (Å²) in [4.78, 5) is 38.7. The first-order chi connectivity index (χ1) is 14.8. The Bertz CT molecular complexity index is 1200. The number of carbonyl (C=O) groups is 3. The Kier molecular flexibility index (Phi) is 5.95. The summed E-state index contributed by atoms with van der Waals surface area (Å²) in [7, 11) is 0. The molecule has 0 atom stereocenters. The quantitative estimate of drug-likeness (QED) is 0.308. The maximum atomic E-state index is 12.7. The third-order valence-electron chi connectivity index (χ3n) is 4.66. The van der Waals surface area contributed by atoms with Gasteiger partial charge in [-0.15, -0.1) is 0 Å². The predicted octanol–water partition coefficient (Wildman–Crippen LogP) is 6.46. The van der Waals surface area contributed by atoms with Crippen LogP contribution in [0.3, 0.4) is 0 Å². The van der Waals surface area contributed by atoms with Crippen molar-refractivity contribution in [3.63, 3.8) is 0 Å². The number of nitrogens with zero attached hydrogens (tertiary/aromatic N) is 1. The fourth-order valence-electron chi connectivity index (χ4n) is 3.08. The summed E-state index contributed by atoms with van der Waals surface area (Å²) in [5.41, 5.74) is 1.50. The molecule has 0 spiro atoms. The van der Waals surface area contributed by atoms with Crippen molar-refractivity contribution in [2.24, 2.45) is 0 Å². The van der Waals surface area contributed by atoms with Crippen LogP contribution >= 0.6 is 46.4 Å². The number of halogens is 4. The topological polar surface area (TPSA) is 63.7 Å². The van der Waals surface area contributed by atoms with Gasteiger partial charge < -0.3 is 4.74 Å². The molecule has 0 unspecified atom stereocenters. The molecule has 1 aliphatic rings. The fraction of sp³-hybridized carbons (Fsp3) is 0.0455. The van der Waals surface area contributed by atoms with Crippen molar-refractivity contribution >= 4 is 69.9 Å². The van der Waals surface area contributed by atoms with Crippen LogP contribution in [-0.4, -0.2) is 17.8 Å². The number of amides is 2. The lowest BCUT2D eigenvalue weighted by molar-refractivity contribution is 0.0472. The van der Waals surface area contributed by atoms with Gasteiger partial charge in [0.05, 0.1) is 32.4 Å². The molecule has 31 heavy (non-hydrogen) atoms. The number of rotatable bonds is 4. The second kappa shape index (κ2) is 8.52. The van der Waals surface area contributed by atoms with Crippen LogP contribution in [-0.2, 0) is 11.3 Å². The second-order valence-electron chi connectivity index (χ2n) is 6.62. The lowest BCUT2D eigenvalue weighted by atomic mass is 10.1. The van der Waals surface area contributed by atoms with E-state index in [1.165, 1.54) is 36.4 Å². The molecule has 0 N–H and O–H groups in total. The van der Waals surface area contributed by atoms with Crippen molar-refractivity contribution in [3.8, 4) is 0 Å². The standard InChI is InChI=1S/C22H11Cl4NO4/c23-13-4-1-12(17(24)7-13)10-31-22(30)11-2-5-14(6-3-11)27-20(28)15-8-18(25)19(26)9-16(15)21(27)29/h1-9H,10H2. The maximum Gasteiger partial charge on any atom is 0.338 e. The molecule has 0 aliphatic carbocycles. The zero-order valence-electron chi connectivity index (χ0n) is 15.5. The van der Waals surface area contributed by atoms with Crippen LogP contribution in [0.2, 0.25) is 20.1 Å². The molecule has 9 heteroatoms. The molecular weight excluding hydrogens is 484 g/mol. The summed E-state index contributed by atoms with van der Waals surface area (Å²) < 4.78 is 5.28. The molecule has 2 amide bonds. The van der Waals surface area contributed by atoms with Crippen LogP contribution in [0.15, 0.2) is 54.6 Å². The largest absolute Gasteiger partial charge is 0.457 e. The van der Waals surface area contributed by atoms with Crippen molar-refractivity contribution in [1.82, 2.24) is 0 Å². The molecule has 0 radical (unpaired) electrons. The lowest BCUT2D eigenvalue weighted by Gasteiger charge is -2.14. The van der Waals surface area contributed by atoms with Crippen molar-refractivity contribution in [1.29, 1.82) is 0 Å². The molecular formula is C22H11Cl4NO4. The molecule has 3 aromatic rings. The molecule has 156 valence electrons. The number of hydrogen-bond acceptors (Lipinski definition) is 4. The number of anilines is 1. The molecule has 4 rings (SSSR count). The van der Waals surface area contributed by atoms with E-state index in [4.69, 9.17) is 51.1 Å². The molecule has 3 aromatic carbocycles. The zero-order chi connectivity index (χ0) is 22.3. The second-order valence-corrected chi connectivity index (χ2v) is 8.27. The van der Waals surface area contributed by atoms with Crippen molar-refractivity contribution in [3.05, 3.63) is 96.9 Å². The average Bonchev–Trinajstić information content (AvgIpc) is 2.97. The van der Waals surface area contributed by atoms with Crippen LogP contribution in [0, 0.1) is 0 Å².